The van der Waals surface area contributed by atoms with Crippen LogP contribution in [0.1, 0.15) is 18.4 Å². The highest BCUT2D eigenvalue weighted by Crippen LogP contribution is 2.30. The lowest BCUT2D eigenvalue weighted by molar-refractivity contribution is -0.145. The predicted molar refractivity (Wildman–Crippen MR) is 108 cm³/mol. The SMILES string of the molecule is O=C(O)[C@@H]1CCN(S(=O)(=O)c2ccc(OCCc3ccncc3)cc2)[C@@H](C(=O)NO)C1. The van der Waals surface area contributed by atoms with Gasteiger partial charge in [-0.05, 0) is 54.8 Å². The second-order valence-corrected chi connectivity index (χ2v) is 8.98. The summed E-state index contributed by atoms with van der Waals surface area (Å²) in [7, 11) is -4.09. The molecule has 0 spiro atoms. The van der Waals surface area contributed by atoms with Crippen LogP contribution in [0.5, 0.6) is 5.75 Å². The number of carboxylic acid groups (broad SMARTS) is 1. The van der Waals surface area contributed by atoms with E-state index in [2.05, 4.69) is 4.98 Å². The molecule has 0 radical (unpaired) electrons. The maximum absolute atomic E-state index is 13.1. The van der Waals surface area contributed by atoms with Crippen LogP contribution in [0.3, 0.4) is 0 Å². The first-order valence-electron chi connectivity index (χ1n) is 9.63. The number of nitrogens with zero attached hydrogens (tertiary/aromatic N) is 2. The fourth-order valence-corrected chi connectivity index (χ4v) is 5.06. The lowest BCUT2D eigenvalue weighted by Gasteiger charge is -2.35. The van der Waals surface area contributed by atoms with Crippen molar-refractivity contribution in [1.82, 2.24) is 14.8 Å². The number of carbonyl (C=O) groups excluding carboxylic acids is 1. The molecule has 3 rings (SSSR count). The van der Waals surface area contributed by atoms with Crippen LogP contribution in [-0.2, 0) is 26.0 Å². The summed E-state index contributed by atoms with van der Waals surface area (Å²) in [5.74, 6) is -2.46. The van der Waals surface area contributed by atoms with Gasteiger partial charge in [-0.3, -0.25) is 19.8 Å². The summed E-state index contributed by atoms with van der Waals surface area (Å²) in [4.78, 5) is 27.2. The fraction of sp³-hybridized carbons (Fsp3) is 0.350. The summed E-state index contributed by atoms with van der Waals surface area (Å²) in [6.07, 6.45) is 3.90. The highest BCUT2D eigenvalue weighted by Gasteiger charge is 2.42. The van der Waals surface area contributed by atoms with Crippen molar-refractivity contribution in [2.75, 3.05) is 13.2 Å². The van der Waals surface area contributed by atoms with Crippen LogP contribution in [0.15, 0.2) is 53.7 Å². The standard InChI is InChI=1S/C20H23N3O7S/c24-19(22-27)18-13-15(20(25)26)7-11-23(18)31(28,29)17-3-1-16(2-4-17)30-12-8-14-5-9-21-10-6-14/h1-6,9-10,15,18,27H,7-8,11-13H2,(H,22,24)(H,25,26)/t15-,18-/m1/s1. The molecule has 0 bridgehead atoms. The van der Waals surface area contributed by atoms with Gasteiger partial charge in [0.05, 0.1) is 17.4 Å². The Hall–Kier alpha value is -3.02. The molecule has 0 saturated carbocycles. The molecule has 3 N–H and O–H groups in total. The summed E-state index contributed by atoms with van der Waals surface area (Å²) in [6.45, 7) is 0.249. The molecule has 10 nitrogen and oxygen atoms in total. The lowest BCUT2D eigenvalue weighted by Crippen LogP contribution is -2.53. The van der Waals surface area contributed by atoms with Gasteiger partial charge in [0.15, 0.2) is 0 Å². The number of rotatable bonds is 8. The molecule has 0 aliphatic carbocycles. The monoisotopic (exact) mass is 449 g/mol. The molecule has 1 aliphatic rings. The largest absolute Gasteiger partial charge is 0.493 e. The predicted octanol–water partition coefficient (Wildman–Crippen LogP) is 1.06. The van der Waals surface area contributed by atoms with Gasteiger partial charge >= 0.3 is 5.97 Å². The van der Waals surface area contributed by atoms with Gasteiger partial charge in [-0.25, -0.2) is 13.9 Å². The van der Waals surface area contributed by atoms with Crippen LogP contribution < -0.4 is 10.2 Å². The lowest BCUT2D eigenvalue weighted by atomic mass is 9.92. The summed E-state index contributed by atoms with van der Waals surface area (Å²) in [6, 6.07) is 8.22. The van der Waals surface area contributed by atoms with Crippen molar-refractivity contribution in [1.29, 1.82) is 0 Å². The quantitative estimate of drug-likeness (QED) is 0.401. The third-order valence-corrected chi connectivity index (χ3v) is 7.08. The number of nitrogens with one attached hydrogen (secondary N) is 1. The zero-order chi connectivity index (χ0) is 22.4. The Labute approximate surface area is 179 Å². The van der Waals surface area contributed by atoms with Crippen molar-refractivity contribution < 1.29 is 33.1 Å². The van der Waals surface area contributed by atoms with E-state index in [4.69, 9.17) is 9.94 Å². The Balaban J connectivity index is 1.70. The van der Waals surface area contributed by atoms with E-state index in [9.17, 15) is 23.1 Å². The molecule has 1 fully saturated rings. The third-order valence-electron chi connectivity index (χ3n) is 5.15. The molecule has 31 heavy (non-hydrogen) atoms. The molecular formula is C20H23N3O7S. The number of pyridine rings is 1. The van der Waals surface area contributed by atoms with E-state index in [0.717, 1.165) is 9.87 Å². The van der Waals surface area contributed by atoms with Crippen molar-refractivity contribution in [2.45, 2.75) is 30.2 Å². The number of hydrogen-bond donors (Lipinski definition) is 3. The minimum atomic E-state index is -4.09. The highest BCUT2D eigenvalue weighted by molar-refractivity contribution is 7.89. The van der Waals surface area contributed by atoms with Gasteiger partial charge in [-0.15, -0.1) is 0 Å². The van der Waals surface area contributed by atoms with Gasteiger partial charge in [-0.2, -0.15) is 4.31 Å². The van der Waals surface area contributed by atoms with Crippen molar-refractivity contribution in [3.8, 4) is 5.75 Å². The summed E-state index contributed by atoms with van der Waals surface area (Å²) in [5.41, 5.74) is 2.49. The Morgan fingerprint density at radius 1 is 1.16 bits per heavy atom. The molecule has 1 saturated heterocycles. The number of amides is 1. The average Bonchev–Trinajstić information content (AvgIpc) is 2.79. The third kappa shape index (κ3) is 5.37. The number of aliphatic carboxylic acids is 1. The van der Waals surface area contributed by atoms with E-state index in [1.54, 1.807) is 12.4 Å². The van der Waals surface area contributed by atoms with Crippen LogP contribution in [0.2, 0.25) is 0 Å². The topological polar surface area (TPSA) is 146 Å². The van der Waals surface area contributed by atoms with E-state index in [1.807, 2.05) is 12.1 Å². The van der Waals surface area contributed by atoms with Crippen molar-refractivity contribution in [3.05, 3.63) is 54.4 Å². The molecule has 1 aromatic carbocycles. The Kier molecular flexibility index (Phi) is 7.21. The van der Waals surface area contributed by atoms with E-state index < -0.39 is 33.9 Å². The van der Waals surface area contributed by atoms with Crippen molar-refractivity contribution in [2.24, 2.45) is 5.92 Å². The van der Waals surface area contributed by atoms with Crippen LogP contribution in [-0.4, -0.2) is 59.1 Å². The van der Waals surface area contributed by atoms with Crippen LogP contribution in [0, 0.1) is 5.92 Å². The van der Waals surface area contributed by atoms with E-state index in [1.165, 1.54) is 29.7 Å². The minimum Gasteiger partial charge on any atom is -0.493 e. The first kappa shape index (κ1) is 22.7. The minimum absolute atomic E-state index is 0.0569. The average molecular weight is 449 g/mol. The number of hydroxylamine groups is 1. The number of sulfonamides is 1. The Bertz CT molecular complexity index is 1010. The van der Waals surface area contributed by atoms with E-state index >= 15 is 0 Å². The Morgan fingerprint density at radius 3 is 2.45 bits per heavy atom. The molecule has 1 amide bonds. The van der Waals surface area contributed by atoms with Gasteiger partial charge in [0.2, 0.25) is 10.0 Å². The van der Waals surface area contributed by atoms with Gasteiger partial charge in [0.25, 0.3) is 5.91 Å². The summed E-state index contributed by atoms with van der Waals surface area (Å²) in [5, 5.41) is 18.2. The number of ether oxygens (including phenoxy) is 1. The zero-order valence-corrected chi connectivity index (χ0v) is 17.4. The molecular weight excluding hydrogens is 426 g/mol. The molecule has 166 valence electrons. The second kappa shape index (κ2) is 9.86. The molecule has 1 aromatic heterocycles. The second-order valence-electron chi connectivity index (χ2n) is 7.09. The van der Waals surface area contributed by atoms with Gasteiger partial charge in [0.1, 0.15) is 11.8 Å². The van der Waals surface area contributed by atoms with Crippen LogP contribution >= 0.6 is 0 Å². The number of benzene rings is 1. The smallest absolute Gasteiger partial charge is 0.306 e. The van der Waals surface area contributed by atoms with E-state index in [0.29, 0.717) is 18.8 Å². The number of carboxylic acids is 1. The number of piperidine rings is 1. The van der Waals surface area contributed by atoms with E-state index in [-0.39, 0.29) is 24.3 Å². The first-order valence-corrected chi connectivity index (χ1v) is 11.1. The number of carbonyl (C=O) groups is 2. The zero-order valence-electron chi connectivity index (χ0n) is 16.5. The van der Waals surface area contributed by atoms with Crippen molar-refractivity contribution >= 4 is 21.9 Å². The Morgan fingerprint density at radius 2 is 1.84 bits per heavy atom. The van der Waals surface area contributed by atoms with Crippen LogP contribution in [0.4, 0.5) is 0 Å². The van der Waals surface area contributed by atoms with Crippen LogP contribution in [0.25, 0.3) is 0 Å². The van der Waals surface area contributed by atoms with Gasteiger partial charge in [-0.1, -0.05) is 0 Å². The fourth-order valence-electron chi connectivity index (χ4n) is 3.45. The maximum Gasteiger partial charge on any atom is 0.306 e. The first-order chi connectivity index (χ1) is 14.8. The maximum atomic E-state index is 13.1. The van der Waals surface area contributed by atoms with Gasteiger partial charge in [0, 0.05) is 25.4 Å². The number of hydrogen-bond acceptors (Lipinski definition) is 7. The number of aromatic nitrogens is 1. The highest BCUT2D eigenvalue weighted by atomic mass is 32.2. The van der Waals surface area contributed by atoms with Crippen molar-refractivity contribution in [3.63, 3.8) is 0 Å². The molecule has 11 heteroatoms. The van der Waals surface area contributed by atoms with Gasteiger partial charge < -0.3 is 9.84 Å². The molecule has 2 aromatic rings. The molecule has 1 aliphatic heterocycles. The molecule has 2 heterocycles. The normalized spacial score (nSPS) is 19.5. The summed E-state index contributed by atoms with van der Waals surface area (Å²) >= 11 is 0. The molecule has 0 unspecified atom stereocenters. The molecule has 2 atom stereocenters. The summed E-state index contributed by atoms with van der Waals surface area (Å²) < 4.78 is 32.7.